The summed E-state index contributed by atoms with van der Waals surface area (Å²) in [6, 6.07) is 20.0. The van der Waals surface area contributed by atoms with Crippen LogP contribution in [0, 0.1) is 0 Å². The van der Waals surface area contributed by atoms with Gasteiger partial charge in [0.2, 0.25) is 0 Å². The van der Waals surface area contributed by atoms with Crippen LogP contribution >= 0.6 is 23.2 Å². The normalized spacial score (nSPS) is 21.3. The summed E-state index contributed by atoms with van der Waals surface area (Å²) >= 11 is 13.3. The molecule has 3 unspecified atom stereocenters. The lowest BCUT2D eigenvalue weighted by Crippen LogP contribution is -2.38. The molecule has 1 heterocycles. The number of alkyl halides is 2. The van der Waals surface area contributed by atoms with Crippen LogP contribution in [0.3, 0.4) is 0 Å². The summed E-state index contributed by atoms with van der Waals surface area (Å²) in [4.78, 5) is 17.1. The Morgan fingerprint density at radius 3 is 2.07 bits per heavy atom. The summed E-state index contributed by atoms with van der Waals surface area (Å²) in [5, 5.41) is -0.469. The Hall–Kier alpha value is -1.97. The third-order valence-corrected chi connectivity index (χ3v) is 6.34. The second-order valence-corrected chi connectivity index (χ2v) is 8.43. The van der Waals surface area contributed by atoms with Gasteiger partial charge in [-0.25, -0.2) is 4.79 Å². The van der Waals surface area contributed by atoms with E-state index in [2.05, 4.69) is 6.08 Å². The van der Waals surface area contributed by atoms with Crippen molar-refractivity contribution in [1.82, 2.24) is 9.80 Å². The average molecular weight is 415 g/mol. The van der Waals surface area contributed by atoms with Gasteiger partial charge in [-0.3, -0.25) is 4.90 Å². The van der Waals surface area contributed by atoms with Crippen LogP contribution in [0.4, 0.5) is 4.79 Å². The zero-order valence-electron chi connectivity index (χ0n) is 15.7. The van der Waals surface area contributed by atoms with E-state index in [4.69, 9.17) is 23.2 Å². The smallest absolute Gasteiger partial charge is 0.314 e. The minimum atomic E-state index is -0.241. The van der Waals surface area contributed by atoms with Crippen LogP contribution in [0.15, 0.2) is 72.4 Å². The van der Waals surface area contributed by atoms with Gasteiger partial charge in [-0.1, -0.05) is 66.7 Å². The highest BCUT2D eigenvalue weighted by Gasteiger charge is 2.43. The van der Waals surface area contributed by atoms with E-state index in [0.717, 1.165) is 36.1 Å². The second kappa shape index (κ2) is 8.59. The Morgan fingerprint density at radius 1 is 0.893 bits per heavy atom. The molecule has 5 heteroatoms. The average Bonchev–Trinajstić information content (AvgIpc) is 3.01. The molecule has 1 aliphatic heterocycles. The molecule has 1 fully saturated rings. The van der Waals surface area contributed by atoms with E-state index in [-0.39, 0.29) is 22.8 Å². The van der Waals surface area contributed by atoms with Crippen molar-refractivity contribution in [3.8, 4) is 0 Å². The molecule has 0 radical (unpaired) electrons. The number of allylic oxidation sites excluding steroid dienone is 1. The predicted octanol–water partition coefficient (Wildman–Crippen LogP) is 6.12. The van der Waals surface area contributed by atoms with E-state index < -0.39 is 0 Å². The molecule has 2 amide bonds. The summed E-state index contributed by atoms with van der Waals surface area (Å²) in [5.74, 6) is 0. The lowest BCUT2D eigenvalue weighted by Gasteiger charge is -2.27. The lowest BCUT2D eigenvalue weighted by molar-refractivity contribution is 0.185. The van der Waals surface area contributed by atoms with Crippen molar-refractivity contribution in [2.45, 2.75) is 36.1 Å². The van der Waals surface area contributed by atoms with E-state index >= 15 is 0 Å². The van der Waals surface area contributed by atoms with Crippen molar-refractivity contribution in [3.63, 3.8) is 0 Å². The molecule has 1 saturated heterocycles. The molecule has 2 aliphatic rings. The summed E-state index contributed by atoms with van der Waals surface area (Å²) in [6.45, 7) is 0.975. The first-order valence-electron chi connectivity index (χ1n) is 9.81. The maximum Gasteiger partial charge on any atom is 0.324 e. The molecule has 0 bridgehead atoms. The van der Waals surface area contributed by atoms with Crippen LogP contribution in [-0.4, -0.2) is 35.0 Å². The van der Waals surface area contributed by atoms with E-state index in [1.54, 1.807) is 0 Å². The van der Waals surface area contributed by atoms with Crippen molar-refractivity contribution >= 4 is 29.2 Å². The van der Waals surface area contributed by atoms with E-state index in [1.807, 2.05) is 70.5 Å². The fraction of sp³-hybridized carbons (Fsp3) is 0.348. The number of carbonyl (C=O) groups excluding carboxylic acids is 1. The molecule has 3 nitrogen and oxygen atoms in total. The monoisotopic (exact) mass is 414 g/mol. The van der Waals surface area contributed by atoms with E-state index in [1.165, 1.54) is 0 Å². The number of fused-ring (bicyclic) bond motifs is 1. The first-order chi connectivity index (χ1) is 13.6. The zero-order valence-corrected chi connectivity index (χ0v) is 17.2. The molecule has 1 aliphatic carbocycles. The predicted molar refractivity (Wildman–Crippen MR) is 115 cm³/mol. The van der Waals surface area contributed by atoms with Crippen molar-refractivity contribution in [1.29, 1.82) is 0 Å². The molecule has 4 rings (SSSR count). The van der Waals surface area contributed by atoms with E-state index in [9.17, 15) is 4.79 Å². The molecule has 0 saturated carbocycles. The second-order valence-electron chi connectivity index (χ2n) is 7.38. The van der Waals surface area contributed by atoms with Gasteiger partial charge in [0.25, 0.3) is 0 Å². The molecule has 3 atom stereocenters. The molecule has 0 aromatic heterocycles. The van der Waals surface area contributed by atoms with Gasteiger partial charge in [0.15, 0.2) is 0 Å². The third kappa shape index (κ3) is 3.92. The number of benzene rings is 2. The van der Waals surface area contributed by atoms with Crippen LogP contribution in [0.2, 0.25) is 0 Å². The van der Waals surface area contributed by atoms with Gasteiger partial charge in [0.1, 0.15) is 0 Å². The number of nitrogens with zero attached hydrogens (tertiary/aromatic N) is 2. The molecule has 0 spiro atoms. The Bertz CT molecular complexity index is 840. The van der Waals surface area contributed by atoms with Crippen molar-refractivity contribution < 1.29 is 4.79 Å². The van der Waals surface area contributed by atoms with Gasteiger partial charge in [-0.05, 0) is 30.4 Å². The standard InChI is InChI=1S/C23H24Cl2N2O/c24-19(17-9-3-1-4-10-17)15-26-21-13-7-8-14-22(21)27(23(26)28)16-20(25)18-11-5-2-6-12-18/h1-6,9-13,19-20,22H,7-8,14-16H2. The van der Waals surface area contributed by atoms with Gasteiger partial charge in [0.05, 0.1) is 16.8 Å². The summed E-state index contributed by atoms with van der Waals surface area (Å²) in [7, 11) is 0. The van der Waals surface area contributed by atoms with Crippen LogP contribution < -0.4 is 0 Å². The summed E-state index contributed by atoms with van der Waals surface area (Å²) in [6.07, 6.45) is 5.27. The Labute approximate surface area is 176 Å². The minimum absolute atomic E-state index is 0.0151. The number of urea groups is 1. The SMILES string of the molecule is O=C1N(CC(Cl)c2ccccc2)C2=CCCCC2N1CC(Cl)c1ccccc1. The molecule has 0 N–H and O–H groups in total. The number of halogens is 2. The van der Waals surface area contributed by atoms with Gasteiger partial charge in [-0.2, -0.15) is 0 Å². The Kier molecular flexibility index (Phi) is 5.93. The quantitative estimate of drug-likeness (QED) is 0.522. The van der Waals surface area contributed by atoms with Crippen molar-refractivity contribution in [2.75, 3.05) is 13.1 Å². The number of hydrogen-bond donors (Lipinski definition) is 0. The summed E-state index contributed by atoms with van der Waals surface area (Å²) in [5.41, 5.74) is 3.16. The lowest BCUT2D eigenvalue weighted by atomic mass is 9.98. The maximum absolute atomic E-state index is 13.3. The minimum Gasteiger partial charge on any atom is -0.314 e. The maximum atomic E-state index is 13.3. The number of amides is 2. The topological polar surface area (TPSA) is 23.6 Å². The zero-order chi connectivity index (χ0) is 19.5. The largest absolute Gasteiger partial charge is 0.324 e. The first kappa shape index (κ1) is 19.4. The number of carbonyl (C=O) groups is 1. The molecular weight excluding hydrogens is 391 g/mol. The third-order valence-electron chi connectivity index (χ3n) is 5.56. The fourth-order valence-corrected chi connectivity index (χ4v) is 4.68. The number of hydrogen-bond acceptors (Lipinski definition) is 1. The van der Waals surface area contributed by atoms with Crippen LogP contribution in [0.25, 0.3) is 0 Å². The van der Waals surface area contributed by atoms with Crippen LogP contribution in [0.1, 0.15) is 41.1 Å². The Morgan fingerprint density at radius 2 is 1.46 bits per heavy atom. The van der Waals surface area contributed by atoms with Gasteiger partial charge < -0.3 is 4.90 Å². The molecule has 2 aromatic rings. The van der Waals surface area contributed by atoms with Crippen molar-refractivity contribution in [2.24, 2.45) is 0 Å². The molecule has 28 heavy (non-hydrogen) atoms. The van der Waals surface area contributed by atoms with Gasteiger partial charge in [0, 0.05) is 18.8 Å². The van der Waals surface area contributed by atoms with Gasteiger partial charge in [-0.15, -0.1) is 23.2 Å². The number of rotatable bonds is 6. The molecule has 146 valence electrons. The van der Waals surface area contributed by atoms with Crippen LogP contribution in [0.5, 0.6) is 0 Å². The summed E-state index contributed by atoms with van der Waals surface area (Å²) < 4.78 is 0. The van der Waals surface area contributed by atoms with E-state index in [0.29, 0.717) is 13.1 Å². The van der Waals surface area contributed by atoms with Gasteiger partial charge >= 0.3 is 6.03 Å². The highest BCUT2D eigenvalue weighted by Crippen LogP contribution is 2.38. The Balaban J connectivity index is 1.53. The fourth-order valence-electron chi connectivity index (χ4n) is 4.11. The highest BCUT2D eigenvalue weighted by molar-refractivity contribution is 6.21. The van der Waals surface area contributed by atoms with Crippen LogP contribution in [-0.2, 0) is 0 Å². The first-order valence-corrected chi connectivity index (χ1v) is 10.7. The molecular formula is C23H24Cl2N2O. The van der Waals surface area contributed by atoms with Crippen molar-refractivity contribution in [3.05, 3.63) is 83.6 Å². The molecule has 2 aromatic carbocycles. The highest BCUT2D eigenvalue weighted by atomic mass is 35.5.